The van der Waals surface area contributed by atoms with Crippen LogP contribution >= 0.6 is 0 Å². The van der Waals surface area contributed by atoms with Gasteiger partial charge in [-0.25, -0.2) is 0 Å². The molecule has 20 heavy (non-hydrogen) atoms. The van der Waals surface area contributed by atoms with Crippen molar-refractivity contribution < 1.29 is 4.79 Å². The smallest absolute Gasteiger partial charge is 0.225 e. The van der Waals surface area contributed by atoms with Crippen molar-refractivity contribution in [3.8, 4) is 0 Å². The van der Waals surface area contributed by atoms with E-state index in [1.54, 1.807) is 0 Å². The predicted octanol–water partition coefficient (Wildman–Crippen LogP) is 1.69. The van der Waals surface area contributed by atoms with Gasteiger partial charge in [-0.15, -0.1) is 0 Å². The largest absolute Gasteiger partial charge is 0.341 e. The van der Waals surface area contributed by atoms with Crippen molar-refractivity contribution in [1.29, 1.82) is 0 Å². The topological polar surface area (TPSA) is 49.6 Å². The van der Waals surface area contributed by atoms with Crippen LogP contribution in [0.4, 0.5) is 0 Å². The fourth-order valence-electron chi connectivity index (χ4n) is 3.88. The molecule has 1 amide bonds. The Bertz CT molecular complexity index is 309. The summed E-state index contributed by atoms with van der Waals surface area (Å²) in [5.74, 6) is 1.34. The lowest BCUT2D eigenvalue weighted by atomic mass is 9.81. The zero-order valence-electron chi connectivity index (χ0n) is 13.2. The third-order valence-electron chi connectivity index (χ3n) is 5.33. The summed E-state index contributed by atoms with van der Waals surface area (Å²) < 4.78 is 0. The summed E-state index contributed by atoms with van der Waals surface area (Å²) in [5.41, 5.74) is 5.73. The molecule has 2 N–H and O–H groups in total. The quantitative estimate of drug-likeness (QED) is 0.834. The molecule has 0 radical (unpaired) electrons. The van der Waals surface area contributed by atoms with Crippen LogP contribution in [0.3, 0.4) is 0 Å². The van der Waals surface area contributed by atoms with Crippen molar-refractivity contribution in [2.45, 2.75) is 52.0 Å². The highest BCUT2D eigenvalue weighted by molar-refractivity contribution is 5.79. The highest BCUT2D eigenvalue weighted by atomic mass is 16.2. The van der Waals surface area contributed by atoms with Crippen molar-refractivity contribution >= 4 is 5.91 Å². The van der Waals surface area contributed by atoms with Gasteiger partial charge in [0.05, 0.1) is 0 Å². The minimum absolute atomic E-state index is 0.272. The van der Waals surface area contributed by atoms with E-state index in [-0.39, 0.29) is 5.92 Å². The molecule has 1 heterocycles. The molecule has 1 saturated heterocycles. The Morgan fingerprint density at radius 1 is 1.15 bits per heavy atom. The number of hydrogen-bond acceptors (Lipinski definition) is 3. The predicted molar refractivity (Wildman–Crippen MR) is 82.4 cm³/mol. The Morgan fingerprint density at radius 3 is 2.35 bits per heavy atom. The number of amides is 1. The summed E-state index contributed by atoms with van der Waals surface area (Å²) in [6.45, 7) is 9.28. The van der Waals surface area contributed by atoms with Gasteiger partial charge in [-0.05, 0) is 57.7 Å². The average Bonchev–Trinajstić information content (AvgIpc) is 2.97. The normalized spacial score (nSPS) is 31.0. The fraction of sp³-hybridized carbons (Fsp3) is 0.938. The molecule has 1 saturated carbocycles. The number of nitrogens with zero attached hydrogens (tertiary/aromatic N) is 2. The molecular weight excluding hydrogens is 250 g/mol. The van der Waals surface area contributed by atoms with E-state index in [4.69, 9.17) is 5.73 Å². The second-order valence-corrected chi connectivity index (χ2v) is 6.40. The molecule has 4 nitrogen and oxygen atoms in total. The Labute approximate surface area is 123 Å². The molecule has 0 aromatic heterocycles. The van der Waals surface area contributed by atoms with Gasteiger partial charge < -0.3 is 10.6 Å². The van der Waals surface area contributed by atoms with Crippen LogP contribution in [0.25, 0.3) is 0 Å². The molecule has 0 aromatic rings. The molecular formula is C16H31N3O. The van der Waals surface area contributed by atoms with Gasteiger partial charge in [0.15, 0.2) is 0 Å². The van der Waals surface area contributed by atoms with E-state index < -0.39 is 0 Å². The molecule has 4 heteroatoms. The van der Waals surface area contributed by atoms with E-state index in [0.717, 1.165) is 64.8 Å². The highest BCUT2D eigenvalue weighted by Crippen LogP contribution is 2.30. The second-order valence-electron chi connectivity index (χ2n) is 6.40. The monoisotopic (exact) mass is 281 g/mol. The van der Waals surface area contributed by atoms with E-state index in [1.165, 1.54) is 0 Å². The molecule has 2 rings (SSSR count). The second kappa shape index (κ2) is 7.41. The zero-order chi connectivity index (χ0) is 14.5. The lowest BCUT2D eigenvalue weighted by molar-refractivity contribution is -0.135. The first-order chi connectivity index (χ1) is 9.69. The van der Waals surface area contributed by atoms with E-state index in [9.17, 15) is 4.79 Å². The lowest BCUT2D eigenvalue weighted by Gasteiger charge is -2.31. The van der Waals surface area contributed by atoms with Gasteiger partial charge in [0.1, 0.15) is 0 Å². The molecule has 1 unspecified atom stereocenters. The lowest BCUT2D eigenvalue weighted by Crippen LogP contribution is -2.41. The summed E-state index contributed by atoms with van der Waals surface area (Å²) in [4.78, 5) is 17.2. The zero-order valence-corrected chi connectivity index (χ0v) is 13.2. The van der Waals surface area contributed by atoms with Crippen LogP contribution in [0.1, 0.15) is 46.0 Å². The minimum Gasteiger partial charge on any atom is -0.341 e. The molecule has 0 aromatic carbocycles. The minimum atomic E-state index is 0.272. The Hall–Kier alpha value is -0.610. The van der Waals surface area contributed by atoms with Crippen LogP contribution in [0.2, 0.25) is 0 Å². The summed E-state index contributed by atoms with van der Waals surface area (Å²) in [7, 11) is 0. The SMILES string of the molecule is CCN(CC)C1CCN(C(=O)C2CCC(CN)CC2)C1. The number of hydrogen-bond donors (Lipinski definition) is 1. The Kier molecular flexibility index (Phi) is 5.85. The van der Waals surface area contributed by atoms with Crippen molar-refractivity contribution in [3.63, 3.8) is 0 Å². The maximum absolute atomic E-state index is 12.6. The first-order valence-electron chi connectivity index (χ1n) is 8.42. The molecule has 1 atom stereocenters. The molecule has 1 aliphatic heterocycles. The van der Waals surface area contributed by atoms with Gasteiger partial charge >= 0.3 is 0 Å². The molecule has 0 spiro atoms. The van der Waals surface area contributed by atoms with Crippen LogP contribution in [0.5, 0.6) is 0 Å². The Balaban J connectivity index is 1.82. The van der Waals surface area contributed by atoms with E-state index >= 15 is 0 Å². The first kappa shape index (κ1) is 15.8. The fourth-order valence-corrected chi connectivity index (χ4v) is 3.88. The standard InChI is InChI=1S/C16H31N3O/c1-3-18(4-2)15-9-10-19(12-15)16(20)14-7-5-13(11-17)6-8-14/h13-15H,3-12,17H2,1-2H3. The average molecular weight is 281 g/mol. The molecule has 116 valence electrons. The van der Waals surface area contributed by atoms with Crippen LogP contribution in [0, 0.1) is 11.8 Å². The van der Waals surface area contributed by atoms with Gasteiger partial charge in [-0.3, -0.25) is 9.69 Å². The summed E-state index contributed by atoms with van der Waals surface area (Å²) in [6, 6.07) is 0.578. The van der Waals surface area contributed by atoms with Crippen LogP contribution in [0.15, 0.2) is 0 Å². The van der Waals surface area contributed by atoms with Crippen molar-refractivity contribution in [2.75, 3.05) is 32.7 Å². The van der Waals surface area contributed by atoms with E-state index in [2.05, 4.69) is 23.6 Å². The highest BCUT2D eigenvalue weighted by Gasteiger charge is 2.34. The van der Waals surface area contributed by atoms with Gasteiger partial charge in [0.25, 0.3) is 0 Å². The molecule has 2 fully saturated rings. The van der Waals surface area contributed by atoms with Gasteiger partial charge in [-0.1, -0.05) is 13.8 Å². The number of carbonyl (C=O) groups is 1. The van der Waals surface area contributed by atoms with Crippen LogP contribution in [-0.2, 0) is 4.79 Å². The summed E-state index contributed by atoms with van der Waals surface area (Å²) in [5, 5.41) is 0. The Morgan fingerprint density at radius 2 is 1.80 bits per heavy atom. The first-order valence-corrected chi connectivity index (χ1v) is 8.42. The molecule has 1 aliphatic carbocycles. The number of rotatable bonds is 5. The molecule has 2 aliphatic rings. The van der Waals surface area contributed by atoms with Crippen molar-refractivity contribution in [1.82, 2.24) is 9.80 Å². The van der Waals surface area contributed by atoms with Crippen molar-refractivity contribution in [3.05, 3.63) is 0 Å². The van der Waals surface area contributed by atoms with Crippen LogP contribution < -0.4 is 5.73 Å². The summed E-state index contributed by atoms with van der Waals surface area (Å²) >= 11 is 0. The maximum atomic E-state index is 12.6. The third-order valence-corrected chi connectivity index (χ3v) is 5.33. The number of nitrogens with two attached hydrogens (primary N) is 1. The third kappa shape index (κ3) is 3.53. The van der Waals surface area contributed by atoms with Crippen LogP contribution in [-0.4, -0.2) is 54.5 Å². The van der Waals surface area contributed by atoms with Crippen molar-refractivity contribution in [2.24, 2.45) is 17.6 Å². The van der Waals surface area contributed by atoms with E-state index in [0.29, 0.717) is 17.9 Å². The molecule has 0 bridgehead atoms. The summed E-state index contributed by atoms with van der Waals surface area (Å²) in [6.07, 6.45) is 5.52. The number of likely N-dealkylation sites (N-methyl/N-ethyl adjacent to an activating group) is 1. The van der Waals surface area contributed by atoms with Gasteiger partial charge in [0, 0.05) is 25.0 Å². The van der Waals surface area contributed by atoms with Gasteiger partial charge in [0.2, 0.25) is 5.91 Å². The number of likely N-dealkylation sites (tertiary alicyclic amines) is 1. The number of carbonyl (C=O) groups excluding carboxylic acids is 1. The van der Waals surface area contributed by atoms with Gasteiger partial charge in [-0.2, -0.15) is 0 Å². The maximum Gasteiger partial charge on any atom is 0.225 e. The van der Waals surface area contributed by atoms with E-state index in [1.807, 2.05) is 0 Å².